The highest BCUT2D eigenvalue weighted by atomic mass is 32.2. The summed E-state index contributed by atoms with van der Waals surface area (Å²) < 4.78 is 29.7. The number of sulfonamides is 1. The van der Waals surface area contributed by atoms with Gasteiger partial charge in [0, 0.05) is 19.6 Å². The highest BCUT2D eigenvalue weighted by molar-refractivity contribution is 8.00. The molecule has 0 aromatic rings. The molecule has 12 heteroatoms. The van der Waals surface area contributed by atoms with Crippen LogP contribution in [-0.2, 0) is 29.1 Å². The summed E-state index contributed by atoms with van der Waals surface area (Å²) in [5.41, 5.74) is 0. The fourth-order valence-corrected chi connectivity index (χ4v) is 4.24. The fraction of sp³-hybridized carbons (Fsp3) is 0.769. The number of rotatable bonds is 7. The number of aliphatic carboxylic acids is 1. The van der Waals surface area contributed by atoms with Crippen molar-refractivity contribution in [2.45, 2.75) is 6.10 Å². The second-order valence-corrected chi connectivity index (χ2v) is 8.79. The normalized spacial score (nSPS) is 21.8. The van der Waals surface area contributed by atoms with Crippen molar-refractivity contribution in [2.75, 3.05) is 57.2 Å². The van der Waals surface area contributed by atoms with Gasteiger partial charge in [0.2, 0.25) is 21.8 Å². The molecule has 1 atom stereocenters. The average Bonchev–Trinajstić information content (AvgIpc) is 2.91. The van der Waals surface area contributed by atoms with Gasteiger partial charge in [-0.25, -0.2) is 8.42 Å². The van der Waals surface area contributed by atoms with E-state index in [1.54, 1.807) is 0 Å². The van der Waals surface area contributed by atoms with E-state index in [-0.39, 0.29) is 38.1 Å². The predicted molar refractivity (Wildman–Crippen MR) is 89.4 cm³/mol. The lowest BCUT2D eigenvalue weighted by Crippen LogP contribution is -2.53. The molecule has 1 unspecified atom stereocenters. The molecule has 2 aliphatic rings. The zero-order valence-corrected chi connectivity index (χ0v) is 15.4. The highest BCUT2D eigenvalue weighted by Gasteiger charge is 2.31. The van der Waals surface area contributed by atoms with Crippen molar-refractivity contribution in [3.8, 4) is 0 Å². The van der Waals surface area contributed by atoms with Crippen LogP contribution >= 0.6 is 11.8 Å². The van der Waals surface area contributed by atoms with Crippen LogP contribution < -0.4 is 0 Å². The van der Waals surface area contributed by atoms with Crippen LogP contribution in [-0.4, -0.2) is 109 Å². The molecular formula is C13H21N3O7S2. The van der Waals surface area contributed by atoms with Gasteiger partial charge in [0.1, 0.15) is 13.1 Å². The number of carboxylic acids is 1. The summed E-state index contributed by atoms with van der Waals surface area (Å²) in [4.78, 5) is 37.8. The number of ether oxygens (including phenoxy) is 1. The minimum absolute atomic E-state index is 0.0104. The molecule has 0 radical (unpaired) electrons. The van der Waals surface area contributed by atoms with Crippen LogP contribution in [0.5, 0.6) is 0 Å². The summed E-state index contributed by atoms with van der Waals surface area (Å²) in [6, 6.07) is 0. The molecule has 0 aromatic carbocycles. The summed E-state index contributed by atoms with van der Waals surface area (Å²) in [5, 5.41) is 8.85. The van der Waals surface area contributed by atoms with Gasteiger partial charge in [-0.1, -0.05) is 0 Å². The quantitative estimate of drug-likeness (QED) is 0.530. The van der Waals surface area contributed by atoms with E-state index in [0.29, 0.717) is 18.2 Å². The number of carbonyl (C=O) groups is 3. The van der Waals surface area contributed by atoms with Crippen molar-refractivity contribution in [1.82, 2.24) is 14.1 Å². The molecule has 0 bridgehead atoms. The van der Waals surface area contributed by atoms with Crippen molar-refractivity contribution in [3.05, 3.63) is 0 Å². The molecule has 2 fully saturated rings. The molecule has 0 aromatic heterocycles. The number of nitrogens with zero attached hydrogens (tertiary/aromatic N) is 3. The molecule has 1 N–H and O–H groups in total. The number of hydrogen-bond acceptors (Lipinski definition) is 7. The van der Waals surface area contributed by atoms with Gasteiger partial charge >= 0.3 is 5.97 Å². The lowest BCUT2D eigenvalue weighted by atomic mass is 10.2. The molecule has 2 saturated heterocycles. The minimum Gasteiger partial charge on any atom is -0.480 e. The largest absolute Gasteiger partial charge is 0.480 e. The molecule has 0 aliphatic carbocycles. The van der Waals surface area contributed by atoms with Gasteiger partial charge in [-0.2, -0.15) is 4.31 Å². The summed E-state index contributed by atoms with van der Waals surface area (Å²) in [5.74, 6) is -0.712. The first-order chi connectivity index (χ1) is 11.7. The Morgan fingerprint density at radius 3 is 2.72 bits per heavy atom. The van der Waals surface area contributed by atoms with Gasteiger partial charge in [-0.05, 0) is 0 Å². The van der Waals surface area contributed by atoms with Crippen molar-refractivity contribution in [1.29, 1.82) is 0 Å². The van der Waals surface area contributed by atoms with Gasteiger partial charge in [0.15, 0.2) is 0 Å². The number of hydrogen-bond donors (Lipinski definition) is 1. The fourth-order valence-electron chi connectivity index (χ4n) is 2.56. The predicted octanol–water partition coefficient (Wildman–Crippen LogP) is -1.91. The first-order valence-corrected chi connectivity index (χ1v) is 10.6. The van der Waals surface area contributed by atoms with Crippen LogP contribution in [0.2, 0.25) is 0 Å². The lowest BCUT2D eigenvalue weighted by Gasteiger charge is -2.35. The van der Waals surface area contributed by atoms with Gasteiger partial charge in [-0.3, -0.25) is 14.4 Å². The van der Waals surface area contributed by atoms with Crippen molar-refractivity contribution < 1.29 is 32.6 Å². The maximum absolute atomic E-state index is 12.3. The van der Waals surface area contributed by atoms with Gasteiger partial charge in [0.05, 0.1) is 30.6 Å². The van der Waals surface area contributed by atoms with E-state index in [0.717, 1.165) is 10.6 Å². The average molecular weight is 395 g/mol. The van der Waals surface area contributed by atoms with Crippen LogP contribution in [0.3, 0.4) is 0 Å². The van der Waals surface area contributed by atoms with Crippen molar-refractivity contribution in [2.24, 2.45) is 0 Å². The summed E-state index contributed by atoms with van der Waals surface area (Å²) in [7, 11) is -3.71. The lowest BCUT2D eigenvalue weighted by molar-refractivity contribution is -0.144. The molecule has 0 saturated carbocycles. The molecule has 10 nitrogen and oxygen atoms in total. The molecular weight excluding hydrogens is 374 g/mol. The van der Waals surface area contributed by atoms with E-state index in [1.165, 1.54) is 21.6 Å². The smallest absolute Gasteiger partial charge is 0.318 e. The van der Waals surface area contributed by atoms with Crippen LogP contribution in [0.1, 0.15) is 0 Å². The molecule has 2 rings (SSSR count). The maximum atomic E-state index is 12.3. The summed E-state index contributed by atoms with van der Waals surface area (Å²) >= 11 is 1.45. The first-order valence-electron chi connectivity index (χ1n) is 7.58. The summed E-state index contributed by atoms with van der Waals surface area (Å²) in [6.45, 7) is -0.0885. The van der Waals surface area contributed by atoms with E-state index in [2.05, 4.69) is 0 Å². The third kappa shape index (κ3) is 5.83. The zero-order chi connectivity index (χ0) is 18.6. The van der Waals surface area contributed by atoms with E-state index < -0.39 is 28.6 Å². The van der Waals surface area contributed by atoms with Crippen molar-refractivity contribution >= 4 is 39.6 Å². The summed E-state index contributed by atoms with van der Waals surface area (Å²) in [6.07, 6.45) is 0.314. The van der Waals surface area contributed by atoms with Crippen molar-refractivity contribution in [3.63, 3.8) is 0 Å². The Labute approximate surface area is 150 Å². The van der Waals surface area contributed by atoms with E-state index in [9.17, 15) is 22.8 Å². The molecule has 142 valence electrons. The van der Waals surface area contributed by atoms with E-state index >= 15 is 0 Å². The van der Waals surface area contributed by atoms with Crippen LogP contribution in [0.25, 0.3) is 0 Å². The Balaban J connectivity index is 1.93. The maximum Gasteiger partial charge on any atom is 0.318 e. The van der Waals surface area contributed by atoms with E-state index in [1.807, 2.05) is 0 Å². The zero-order valence-electron chi connectivity index (χ0n) is 13.8. The standard InChI is InChI=1S/C13H21N3O7S2/c1-25(21,22)16(7-13(19)20)5-10-4-14(2-3-23-10)11(17)6-15-9-24-8-12(15)18/h10H,2-9H2,1H3,(H,19,20). The third-order valence-electron chi connectivity index (χ3n) is 3.83. The second kappa shape index (κ2) is 8.34. The Morgan fingerprint density at radius 2 is 2.16 bits per heavy atom. The van der Waals surface area contributed by atoms with Gasteiger partial charge in [-0.15, -0.1) is 11.8 Å². The second-order valence-electron chi connectivity index (χ2n) is 5.85. The van der Waals surface area contributed by atoms with Gasteiger partial charge in [0.25, 0.3) is 0 Å². The highest BCUT2D eigenvalue weighted by Crippen LogP contribution is 2.16. The Morgan fingerprint density at radius 1 is 1.44 bits per heavy atom. The first kappa shape index (κ1) is 19.9. The molecule has 2 heterocycles. The number of carboxylic acid groups (broad SMARTS) is 1. The monoisotopic (exact) mass is 395 g/mol. The topological polar surface area (TPSA) is 125 Å². The Hall–Kier alpha value is -1.37. The number of morpholine rings is 1. The third-order valence-corrected chi connectivity index (χ3v) is 5.99. The molecule has 25 heavy (non-hydrogen) atoms. The molecule has 2 amide bonds. The number of amides is 2. The molecule has 0 spiro atoms. The minimum atomic E-state index is -3.71. The number of thioether (sulfide) groups is 1. The number of carbonyl (C=O) groups excluding carboxylic acids is 2. The SMILES string of the molecule is CS(=O)(=O)N(CC(=O)O)CC1CN(C(=O)CN2CSCC2=O)CCO1. The Kier molecular flexibility index (Phi) is 6.65. The van der Waals surface area contributed by atoms with E-state index in [4.69, 9.17) is 9.84 Å². The van der Waals surface area contributed by atoms with Crippen LogP contribution in [0, 0.1) is 0 Å². The van der Waals surface area contributed by atoms with Crippen LogP contribution in [0.15, 0.2) is 0 Å². The van der Waals surface area contributed by atoms with Crippen LogP contribution in [0.4, 0.5) is 0 Å². The van der Waals surface area contributed by atoms with Gasteiger partial charge < -0.3 is 19.6 Å². The Bertz CT molecular complexity index is 640. The molecule has 2 aliphatic heterocycles.